The van der Waals surface area contributed by atoms with Gasteiger partial charge in [0.15, 0.2) is 17.4 Å². The van der Waals surface area contributed by atoms with E-state index < -0.39 is 5.82 Å². The van der Waals surface area contributed by atoms with Crippen LogP contribution in [-0.4, -0.2) is 44.3 Å². The Hall–Kier alpha value is -2.93. The Bertz CT molecular complexity index is 804. The summed E-state index contributed by atoms with van der Waals surface area (Å²) in [4.78, 5) is 18.7. The lowest BCUT2D eigenvalue weighted by Gasteiger charge is -2.29. The fourth-order valence-corrected chi connectivity index (χ4v) is 2.65. The number of nitrogens with zero attached hydrogens (tertiary/aromatic N) is 2. The third-order valence-corrected chi connectivity index (χ3v) is 3.96. The molecule has 1 aromatic heterocycles. The Morgan fingerprint density at radius 2 is 2.15 bits per heavy atom. The number of carbonyl (C=O) groups is 1. The van der Waals surface area contributed by atoms with E-state index in [-0.39, 0.29) is 11.7 Å². The summed E-state index contributed by atoms with van der Waals surface area (Å²) in [6.07, 6.45) is 4.59. The number of rotatable bonds is 5. The molecule has 1 saturated heterocycles. The average Bonchev–Trinajstić information content (AvgIpc) is 2.67. The number of ether oxygens (including phenoxy) is 2. The second kappa shape index (κ2) is 8.44. The average molecular weight is 357 g/mol. The van der Waals surface area contributed by atoms with Crippen molar-refractivity contribution in [1.82, 2.24) is 4.98 Å². The first-order valence-electron chi connectivity index (χ1n) is 8.27. The van der Waals surface area contributed by atoms with E-state index in [4.69, 9.17) is 9.47 Å². The van der Waals surface area contributed by atoms with Crippen molar-refractivity contribution in [3.05, 3.63) is 54.0 Å². The summed E-state index contributed by atoms with van der Waals surface area (Å²) in [5.41, 5.74) is 1.20. The molecular weight excluding hydrogens is 337 g/mol. The van der Waals surface area contributed by atoms with Gasteiger partial charge >= 0.3 is 0 Å². The molecule has 6 nitrogen and oxygen atoms in total. The highest BCUT2D eigenvalue weighted by Crippen LogP contribution is 2.23. The molecule has 0 atom stereocenters. The number of carbonyl (C=O) groups excluding carboxylic acids is 1. The predicted molar refractivity (Wildman–Crippen MR) is 97.9 cm³/mol. The molecule has 3 rings (SSSR count). The molecule has 1 N–H and O–H groups in total. The van der Waals surface area contributed by atoms with Crippen molar-refractivity contribution in [3.63, 3.8) is 0 Å². The summed E-state index contributed by atoms with van der Waals surface area (Å²) in [5.74, 6) is 0.0887. The highest BCUT2D eigenvalue weighted by molar-refractivity contribution is 6.03. The van der Waals surface area contributed by atoms with Crippen LogP contribution in [-0.2, 0) is 9.53 Å². The number of methoxy groups -OCH3 is 1. The van der Waals surface area contributed by atoms with Crippen molar-refractivity contribution < 1.29 is 18.7 Å². The first kappa shape index (κ1) is 17.9. The zero-order valence-electron chi connectivity index (χ0n) is 14.4. The van der Waals surface area contributed by atoms with Crippen LogP contribution in [0.1, 0.15) is 5.56 Å². The van der Waals surface area contributed by atoms with Gasteiger partial charge in [-0.3, -0.25) is 4.79 Å². The molecule has 7 heteroatoms. The van der Waals surface area contributed by atoms with Crippen molar-refractivity contribution in [1.29, 1.82) is 0 Å². The number of hydrogen-bond acceptors (Lipinski definition) is 5. The minimum atomic E-state index is -0.475. The third-order valence-electron chi connectivity index (χ3n) is 3.96. The van der Waals surface area contributed by atoms with Gasteiger partial charge in [-0.15, -0.1) is 0 Å². The smallest absolute Gasteiger partial charge is 0.248 e. The van der Waals surface area contributed by atoms with Crippen molar-refractivity contribution in [3.8, 4) is 5.75 Å². The van der Waals surface area contributed by atoms with E-state index in [1.54, 1.807) is 30.5 Å². The number of aromatic nitrogens is 1. The minimum Gasteiger partial charge on any atom is -0.494 e. The molecular formula is C19H20FN3O3. The van der Waals surface area contributed by atoms with E-state index in [9.17, 15) is 9.18 Å². The quantitative estimate of drug-likeness (QED) is 0.834. The number of pyridine rings is 1. The number of hydrogen-bond donors (Lipinski definition) is 1. The molecule has 1 aliphatic heterocycles. The summed E-state index contributed by atoms with van der Waals surface area (Å²) in [6.45, 7) is 2.71. The maximum atomic E-state index is 13.7. The largest absolute Gasteiger partial charge is 0.494 e. The highest BCUT2D eigenvalue weighted by Gasteiger charge is 2.16. The van der Waals surface area contributed by atoms with Gasteiger partial charge in [-0.05, 0) is 35.9 Å². The molecule has 0 spiro atoms. The van der Waals surface area contributed by atoms with Crippen LogP contribution >= 0.6 is 0 Å². The Morgan fingerprint density at radius 3 is 2.88 bits per heavy atom. The molecule has 1 fully saturated rings. The van der Waals surface area contributed by atoms with Crippen LogP contribution in [0, 0.1) is 5.82 Å². The normalized spacial score (nSPS) is 14.5. The van der Waals surface area contributed by atoms with Crippen LogP contribution in [0.3, 0.4) is 0 Å². The highest BCUT2D eigenvalue weighted by atomic mass is 19.1. The van der Waals surface area contributed by atoms with Crippen molar-refractivity contribution in [2.45, 2.75) is 0 Å². The van der Waals surface area contributed by atoms with Gasteiger partial charge in [0.05, 0.1) is 26.0 Å². The summed E-state index contributed by atoms with van der Waals surface area (Å²) in [6, 6.07) is 8.07. The number of amides is 1. The van der Waals surface area contributed by atoms with E-state index in [0.29, 0.717) is 30.3 Å². The molecule has 2 heterocycles. The first-order valence-corrected chi connectivity index (χ1v) is 8.27. The maximum Gasteiger partial charge on any atom is 0.248 e. The van der Waals surface area contributed by atoms with Gasteiger partial charge in [-0.1, -0.05) is 6.07 Å². The molecule has 0 bridgehead atoms. The van der Waals surface area contributed by atoms with Gasteiger partial charge in [0.25, 0.3) is 0 Å². The second-order valence-electron chi connectivity index (χ2n) is 5.69. The zero-order chi connectivity index (χ0) is 18.4. The summed E-state index contributed by atoms with van der Waals surface area (Å²) in [7, 11) is 1.40. The Balaban J connectivity index is 1.69. The first-order chi connectivity index (χ1) is 12.7. The van der Waals surface area contributed by atoms with Crippen molar-refractivity contribution >= 4 is 23.5 Å². The van der Waals surface area contributed by atoms with Crippen LogP contribution in [0.15, 0.2) is 42.6 Å². The predicted octanol–water partition coefficient (Wildman–Crippen LogP) is 2.72. The van der Waals surface area contributed by atoms with Crippen LogP contribution in [0.2, 0.25) is 0 Å². The van der Waals surface area contributed by atoms with Gasteiger partial charge in [-0.2, -0.15) is 0 Å². The Kier molecular flexibility index (Phi) is 5.80. The Morgan fingerprint density at radius 1 is 1.35 bits per heavy atom. The Labute approximate surface area is 151 Å². The van der Waals surface area contributed by atoms with E-state index >= 15 is 0 Å². The van der Waals surface area contributed by atoms with Gasteiger partial charge in [0, 0.05) is 25.4 Å². The molecule has 0 aliphatic carbocycles. The van der Waals surface area contributed by atoms with Crippen molar-refractivity contribution in [2.24, 2.45) is 0 Å². The lowest BCUT2D eigenvalue weighted by atomic mass is 10.2. The molecule has 136 valence electrons. The van der Waals surface area contributed by atoms with Gasteiger partial charge < -0.3 is 19.7 Å². The molecule has 0 radical (unpaired) electrons. The van der Waals surface area contributed by atoms with Gasteiger partial charge in [0.1, 0.15) is 0 Å². The lowest BCUT2D eigenvalue weighted by Crippen LogP contribution is -2.37. The molecule has 0 saturated carbocycles. The summed E-state index contributed by atoms with van der Waals surface area (Å²) < 4.78 is 23.9. The number of anilines is 2. The fourth-order valence-electron chi connectivity index (χ4n) is 2.65. The lowest BCUT2D eigenvalue weighted by molar-refractivity contribution is -0.111. The zero-order valence-corrected chi connectivity index (χ0v) is 14.4. The van der Waals surface area contributed by atoms with Gasteiger partial charge in [-0.25, -0.2) is 9.37 Å². The molecule has 1 aliphatic rings. The molecule has 0 unspecified atom stereocenters. The minimum absolute atomic E-state index is 0.164. The SMILES string of the molecule is COc1ccc(/C=C/C(=O)Nc2cccnc2N2CCOCC2)cc1F. The molecule has 2 aromatic rings. The third kappa shape index (κ3) is 4.37. The number of halogens is 1. The number of morpholine rings is 1. The van der Waals surface area contributed by atoms with Gasteiger partial charge in [0.2, 0.25) is 5.91 Å². The van der Waals surface area contributed by atoms with E-state index in [0.717, 1.165) is 13.1 Å². The second-order valence-corrected chi connectivity index (χ2v) is 5.69. The van der Waals surface area contributed by atoms with E-state index in [1.807, 2.05) is 0 Å². The van der Waals surface area contributed by atoms with E-state index in [2.05, 4.69) is 15.2 Å². The fraction of sp³-hybridized carbons (Fsp3) is 0.263. The number of benzene rings is 1. The molecule has 1 amide bonds. The number of nitrogens with one attached hydrogen (secondary N) is 1. The van der Waals surface area contributed by atoms with E-state index in [1.165, 1.54) is 25.3 Å². The summed E-state index contributed by atoms with van der Waals surface area (Å²) >= 11 is 0. The van der Waals surface area contributed by atoms with Crippen LogP contribution in [0.4, 0.5) is 15.9 Å². The van der Waals surface area contributed by atoms with Crippen molar-refractivity contribution in [2.75, 3.05) is 43.6 Å². The monoisotopic (exact) mass is 357 g/mol. The maximum absolute atomic E-state index is 13.7. The molecule has 26 heavy (non-hydrogen) atoms. The molecule has 1 aromatic carbocycles. The van der Waals surface area contributed by atoms with Crippen LogP contribution in [0.5, 0.6) is 5.75 Å². The topological polar surface area (TPSA) is 63.7 Å². The van der Waals surface area contributed by atoms with Crippen LogP contribution < -0.4 is 15.0 Å². The standard InChI is InChI=1S/C19H20FN3O3/c1-25-17-6-4-14(13-15(17)20)5-7-18(24)22-16-3-2-8-21-19(16)23-9-11-26-12-10-23/h2-8,13H,9-12H2,1H3,(H,22,24)/b7-5+. The van der Waals surface area contributed by atoms with Crippen LogP contribution in [0.25, 0.3) is 6.08 Å². The summed E-state index contributed by atoms with van der Waals surface area (Å²) in [5, 5.41) is 2.83.